The maximum Gasteiger partial charge on any atom is 0.410 e. The van der Waals surface area contributed by atoms with E-state index >= 15 is 0 Å². The van der Waals surface area contributed by atoms with Gasteiger partial charge >= 0.3 is 12.1 Å². The zero-order chi connectivity index (χ0) is 13.0. The number of benzene rings is 1. The first-order valence-electron chi connectivity index (χ1n) is 5.82. The Morgan fingerprint density at radius 3 is 2.78 bits per heavy atom. The van der Waals surface area contributed by atoms with E-state index in [4.69, 9.17) is 9.47 Å². The summed E-state index contributed by atoms with van der Waals surface area (Å²) >= 11 is 0. The molecule has 1 aromatic carbocycles. The molecule has 0 radical (unpaired) electrons. The van der Waals surface area contributed by atoms with Crippen molar-refractivity contribution in [1.82, 2.24) is 4.90 Å². The zero-order valence-corrected chi connectivity index (χ0v) is 10.2. The van der Waals surface area contributed by atoms with Crippen molar-refractivity contribution in [1.29, 1.82) is 0 Å². The maximum atomic E-state index is 11.8. The number of carbonyl (C=O) groups is 2. The summed E-state index contributed by atoms with van der Waals surface area (Å²) in [7, 11) is 0. The Morgan fingerprint density at radius 2 is 2.17 bits per heavy atom. The molecule has 0 N–H and O–H groups in total. The molecule has 0 saturated carbocycles. The number of nitrogens with zero attached hydrogens (tertiary/aromatic N) is 1. The molecule has 1 saturated heterocycles. The van der Waals surface area contributed by atoms with Gasteiger partial charge in [-0.1, -0.05) is 30.3 Å². The second kappa shape index (κ2) is 5.53. The predicted molar refractivity (Wildman–Crippen MR) is 63.8 cm³/mol. The molecular weight excluding hydrogens is 234 g/mol. The van der Waals surface area contributed by atoms with Gasteiger partial charge in [0.25, 0.3) is 0 Å². The molecule has 1 aliphatic rings. The van der Waals surface area contributed by atoms with E-state index in [-0.39, 0.29) is 6.61 Å². The number of cyclic esters (lactones) is 1. The number of carbonyl (C=O) groups excluding carboxylic acids is 2. The van der Waals surface area contributed by atoms with Crippen molar-refractivity contribution in [3.8, 4) is 0 Å². The molecule has 1 amide bonds. The molecule has 1 aliphatic heterocycles. The van der Waals surface area contributed by atoms with Crippen molar-refractivity contribution in [2.45, 2.75) is 19.6 Å². The van der Waals surface area contributed by atoms with Gasteiger partial charge in [-0.25, -0.2) is 9.59 Å². The van der Waals surface area contributed by atoms with E-state index in [1.54, 1.807) is 6.92 Å². The van der Waals surface area contributed by atoms with Crippen molar-refractivity contribution < 1.29 is 19.1 Å². The molecule has 2 rings (SSSR count). The first-order chi connectivity index (χ1) is 8.68. The van der Waals surface area contributed by atoms with E-state index in [0.717, 1.165) is 5.56 Å². The minimum Gasteiger partial charge on any atom is -0.459 e. The van der Waals surface area contributed by atoms with Crippen molar-refractivity contribution in [3.05, 3.63) is 35.9 Å². The highest BCUT2D eigenvalue weighted by atomic mass is 16.6. The van der Waals surface area contributed by atoms with Crippen LogP contribution >= 0.6 is 0 Å². The Bertz CT molecular complexity index is 432. The second-order valence-corrected chi connectivity index (χ2v) is 4.08. The lowest BCUT2D eigenvalue weighted by atomic mass is 10.2. The van der Waals surface area contributed by atoms with Crippen molar-refractivity contribution in [2.75, 3.05) is 13.2 Å². The van der Waals surface area contributed by atoms with Gasteiger partial charge in [0.1, 0.15) is 19.3 Å². The topological polar surface area (TPSA) is 55.8 Å². The molecule has 18 heavy (non-hydrogen) atoms. The average Bonchev–Trinajstić information content (AvgIpc) is 2.82. The monoisotopic (exact) mass is 249 g/mol. The van der Waals surface area contributed by atoms with Crippen LogP contribution in [0.3, 0.4) is 0 Å². The van der Waals surface area contributed by atoms with Crippen LogP contribution in [0.15, 0.2) is 30.3 Å². The second-order valence-electron chi connectivity index (χ2n) is 4.08. The minimum atomic E-state index is -0.608. The Balaban J connectivity index is 1.86. The fourth-order valence-corrected chi connectivity index (χ4v) is 1.73. The van der Waals surface area contributed by atoms with Crippen LogP contribution in [0.25, 0.3) is 0 Å². The SMILES string of the molecule is C[C@@H](C(=O)OCc1ccccc1)N1CCOC1=O. The smallest absolute Gasteiger partial charge is 0.410 e. The summed E-state index contributed by atoms with van der Waals surface area (Å²) in [5, 5.41) is 0. The summed E-state index contributed by atoms with van der Waals surface area (Å²) in [4.78, 5) is 24.4. The van der Waals surface area contributed by atoms with Gasteiger partial charge in [0.05, 0.1) is 6.54 Å². The molecule has 0 aliphatic carbocycles. The lowest BCUT2D eigenvalue weighted by Crippen LogP contribution is -2.40. The molecule has 1 atom stereocenters. The Kier molecular flexibility index (Phi) is 3.82. The molecule has 5 heteroatoms. The van der Waals surface area contributed by atoms with Gasteiger partial charge in [0.15, 0.2) is 0 Å². The van der Waals surface area contributed by atoms with Crippen LogP contribution in [-0.4, -0.2) is 36.2 Å². The molecule has 0 unspecified atom stereocenters. The number of hydrogen-bond acceptors (Lipinski definition) is 4. The first kappa shape index (κ1) is 12.4. The van der Waals surface area contributed by atoms with E-state index in [0.29, 0.717) is 13.2 Å². The molecule has 0 aromatic heterocycles. The van der Waals surface area contributed by atoms with Crippen LogP contribution in [0.5, 0.6) is 0 Å². The Morgan fingerprint density at radius 1 is 1.44 bits per heavy atom. The minimum absolute atomic E-state index is 0.215. The molecule has 5 nitrogen and oxygen atoms in total. The van der Waals surface area contributed by atoms with Crippen LogP contribution < -0.4 is 0 Å². The standard InChI is InChI=1S/C13H15NO4/c1-10(14-7-8-17-13(14)16)12(15)18-9-11-5-3-2-4-6-11/h2-6,10H,7-9H2,1H3/t10-/m0/s1. The van der Waals surface area contributed by atoms with E-state index in [1.165, 1.54) is 4.90 Å². The van der Waals surface area contributed by atoms with Crippen LogP contribution in [0.2, 0.25) is 0 Å². The van der Waals surface area contributed by atoms with Gasteiger partial charge in [-0.05, 0) is 12.5 Å². The molecule has 0 spiro atoms. The van der Waals surface area contributed by atoms with Gasteiger partial charge < -0.3 is 9.47 Å². The van der Waals surface area contributed by atoms with Gasteiger partial charge in [-0.2, -0.15) is 0 Å². The third-order valence-corrected chi connectivity index (χ3v) is 2.82. The third-order valence-electron chi connectivity index (χ3n) is 2.82. The van der Waals surface area contributed by atoms with Gasteiger partial charge in [0.2, 0.25) is 0 Å². The number of hydrogen-bond donors (Lipinski definition) is 0. The lowest BCUT2D eigenvalue weighted by molar-refractivity contribution is -0.149. The highest BCUT2D eigenvalue weighted by molar-refractivity contribution is 5.81. The normalized spacial score (nSPS) is 16.3. The average molecular weight is 249 g/mol. The Labute approximate surface area is 105 Å². The van der Waals surface area contributed by atoms with Crippen molar-refractivity contribution in [3.63, 3.8) is 0 Å². The van der Waals surface area contributed by atoms with E-state index < -0.39 is 18.1 Å². The zero-order valence-electron chi connectivity index (χ0n) is 10.2. The molecule has 96 valence electrons. The summed E-state index contributed by atoms with van der Waals surface area (Å²) in [5.74, 6) is -0.419. The van der Waals surface area contributed by atoms with Crippen LogP contribution in [-0.2, 0) is 20.9 Å². The summed E-state index contributed by atoms with van der Waals surface area (Å²) < 4.78 is 9.94. The summed E-state index contributed by atoms with van der Waals surface area (Å²) in [6, 6.07) is 8.80. The number of ether oxygens (including phenoxy) is 2. The predicted octanol–water partition coefficient (Wildman–Crippen LogP) is 1.57. The summed E-state index contributed by atoms with van der Waals surface area (Å²) in [5.41, 5.74) is 0.919. The number of rotatable bonds is 4. The van der Waals surface area contributed by atoms with Gasteiger partial charge in [-0.3, -0.25) is 4.90 Å². The van der Waals surface area contributed by atoms with Gasteiger partial charge in [-0.15, -0.1) is 0 Å². The van der Waals surface area contributed by atoms with E-state index in [2.05, 4.69) is 0 Å². The fourth-order valence-electron chi connectivity index (χ4n) is 1.73. The lowest BCUT2D eigenvalue weighted by Gasteiger charge is -2.19. The molecule has 1 aromatic rings. The third kappa shape index (κ3) is 2.80. The van der Waals surface area contributed by atoms with Crippen LogP contribution in [0.4, 0.5) is 4.79 Å². The quantitative estimate of drug-likeness (QED) is 0.760. The molecular formula is C13H15NO4. The highest BCUT2D eigenvalue weighted by Crippen LogP contribution is 2.11. The van der Waals surface area contributed by atoms with E-state index in [9.17, 15) is 9.59 Å². The fraction of sp³-hybridized carbons (Fsp3) is 0.385. The largest absolute Gasteiger partial charge is 0.459 e. The van der Waals surface area contributed by atoms with Crippen molar-refractivity contribution >= 4 is 12.1 Å². The number of esters is 1. The van der Waals surface area contributed by atoms with E-state index in [1.807, 2.05) is 30.3 Å². The molecule has 0 bridgehead atoms. The van der Waals surface area contributed by atoms with Gasteiger partial charge in [0, 0.05) is 0 Å². The van der Waals surface area contributed by atoms with Crippen molar-refractivity contribution in [2.24, 2.45) is 0 Å². The summed E-state index contributed by atoms with van der Waals surface area (Å²) in [6.07, 6.45) is -0.459. The first-order valence-corrected chi connectivity index (χ1v) is 5.82. The molecule has 1 heterocycles. The maximum absolute atomic E-state index is 11.8. The highest BCUT2D eigenvalue weighted by Gasteiger charge is 2.32. The summed E-state index contributed by atoms with van der Waals surface area (Å²) in [6.45, 7) is 2.61. The van der Waals surface area contributed by atoms with Crippen LogP contribution in [0, 0.1) is 0 Å². The van der Waals surface area contributed by atoms with Crippen LogP contribution in [0.1, 0.15) is 12.5 Å². The molecule has 1 fully saturated rings. The number of amides is 1. The Hall–Kier alpha value is -2.04.